The molecule has 2 heterocycles. The lowest BCUT2D eigenvalue weighted by Gasteiger charge is -2.25. The number of aromatic nitrogens is 4. The fourth-order valence-electron chi connectivity index (χ4n) is 3.88. The zero-order chi connectivity index (χ0) is 21.6. The van der Waals surface area contributed by atoms with Gasteiger partial charge in [0.15, 0.2) is 0 Å². The Kier molecular flexibility index (Phi) is 6.57. The van der Waals surface area contributed by atoms with Gasteiger partial charge in [-0.3, -0.25) is 9.59 Å². The molecule has 4 rings (SSSR count). The van der Waals surface area contributed by atoms with Crippen molar-refractivity contribution in [1.29, 1.82) is 0 Å². The van der Waals surface area contributed by atoms with Crippen molar-refractivity contribution in [1.82, 2.24) is 30.8 Å². The number of nitrogens with zero attached hydrogens (tertiary/aromatic N) is 4. The predicted molar refractivity (Wildman–Crippen MR) is 116 cm³/mol. The molecule has 2 aromatic carbocycles. The van der Waals surface area contributed by atoms with E-state index in [1.165, 1.54) is 0 Å². The van der Waals surface area contributed by atoms with Gasteiger partial charge in [-0.05, 0) is 48.2 Å². The minimum atomic E-state index is -0.221. The molecule has 0 aliphatic carbocycles. The summed E-state index contributed by atoms with van der Waals surface area (Å²) in [5.41, 5.74) is 2.34. The number of aromatic amines is 1. The molecule has 0 spiro atoms. The fourth-order valence-corrected chi connectivity index (χ4v) is 4.09. The highest BCUT2D eigenvalue weighted by atomic mass is 35.5. The topological polar surface area (TPSA) is 104 Å². The Bertz CT molecular complexity index is 1040. The van der Waals surface area contributed by atoms with E-state index in [0.717, 1.165) is 42.0 Å². The molecule has 3 aromatic rings. The third-order valence-electron chi connectivity index (χ3n) is 5.49. The maximum Gasteiger partial charge on any atom is 0.251 e. The number of halogens is 1. The van der Waals surface area contributed by atoms with E-state index in [9.17, 15) is 9.59 Å². The van der Waals surface area contributed by atoms with E-state index in [0.29, 0.717) is 17.9 Å². The molecular formula is C22H23ClN6O2. The van der Waals surface area contributed by atoms with Crippen molar-refractivity contribution >= 4 is 23.4 Å². The van der Waals surface area contributed by atoms with Gasteiger partial charge in [-0.2, -0.15) is 5.21 Å². The molecule has 8 nitrogen and oxygen atoms in total. The van der Waals surface area contributed by atoms with Gasteiger partial charge in [-0.1, -0.05) is 41.9 Å². The highest BCUT2D eigenvalue weighted by Crippen LogP contribution is 2.25. The molecule has 9 heteroatoms. The van der Waals surface area contributed by atoms with Gasteiger partial charge < -0.3 is 10.2 Å². The molecule has 2 amide bonds. The van der Waals surface area contributed by atoms with Crippen LogP contribution in [-0.2, 0) is 11.2 Å². The smallest absolute Gasteiger partial charge is 0.251 e. The molecule has 1 aliphatic heterocycles. The van der Waals surface area contributed by atoms with Crippen LogP contribution in [0.2, 0.25) is 5.02 Å². The summed E-state index contributed by atoms with van der Waals surface area (Å²) in [6.07, 6.45) is 2.98. The summed E-state index contributed by atoms with van der Waals surface area (Å²) >= 11 is 6.28. The molecule has 0 saturated carbocycles. The lowest BCUT2D eigenvalue weighted by Crippen LogP contribution is -2.38. The number of nitrogens with one attached hydrogen (secondary N) is 2. The van der Waals surface area contributed by atoms with Crippen molar-refractivity contribution in [3.8, 4) is 11.4 Å². The van der Waals surface area contributed by atoms with E-state index in [-0.39, 0.29) is 24.3 Å². The Morgan fingerprint density at radius 3 is 2.71 bits per heavy atom. The van der Waals surface area contributed by atoms with Crippen molar-refractivity contribution in [3.63, 3.8) is 0 Å². The van der Waals surface area contributed by atoms with Crippen LogP contribution < -0.4 is 5.32 Å². The molecule has 1 atom stereocenters. The number of benzene rings is 2. The monoisotopic (exact) mass is 438 g/mol. The third kappa shape index (κ3) is 5.08. The zero-order valence-corrected chi connectivity index (χ0v) is 17.7. The lowest BCUT2D eigenvalue weighted by molar-refractivity contribution is -0.131. The average Bonchev–Trinajstić information content (AvgIpc) is 3.48. The lowest BCUT2D eigenvalue weighted by atomic mass is 10.0. The van der Waals surface area contributed by atoms with Crippen LogP contribution in [0.4, 0.5) is 0 Å². The summed E-state index contributed by atoms with van der Waals surface area (Å²) in [5.74, 6) is 0.304. The molecule has 0 radical (unpaired) electrons. The summed E-state index contributed by atoms with van der Waals surface area (Å²) in [6.45, 7) is 1.04. The van der Waals surface area contributed by atoms with Crippen LogP contribution >= 0.6 is 11.6 Å². The van der Waals surface area contributed by atoms with Crippen molar-refractivity contribution in [2.75, 3.05) is 13.1 Å². The number of carbonyl (C=O) groups excluding carboxylic acids is 2. The fraction of sp³-hybridized carbons (Fsp3) is 0.318. The minimum absolute atomic E-state index is 0.0577. The summed E-state index contributed by atoms with van der Waals surface area (Å²) < 4.78 is 0. The molecule has 0 bridgehead atoms. The Morgan fingerprint density at radius 2 is 1.97 bits per heavy atom. The van der Waals surface area contributed by atoms with Gasteiger partial charge in [0.25, 0.3) is 5.91 Å². The van der Waals surface area contributed by atoms with Crippen molar-refractivity contribution in [2.24, 2.45) is 0 Å². The maximum absolute atomic E-state index is 12.7. The van der Waals surface area contributed by atoms with Crippen LogP contribution in [0.25, 0.3) is 11.4 Å². The van der Waals surface area contributed by atoms with Gasteiger partial charge in [0, 0.05) is 41.7 Å². The van der Waals surface area contributed by atoms with Gasteiger partial charge in [0.05, 0.1) is 0 Å². The number of hydrogen-bond acceptors (Lipinski definition) is 5. The number of hydrogen-bond donors (Lipinski definition) is 2. The van der Waals surface area contributed by atoms with Crippen LogP contribution in [0.1, 0.15) is 35.2 Å². The quantitative estimate of drug-likeness (QED) is 0.590. The maximum atomic E-state index is 12.7. The van der Waals surface area contributed by atoms with Crippen LogP contribution in [0.5, 0.6) is 0 Å². The molecule has 31 heavy (non-hydrogen) atoms. The second kappa shape index (κ2) is 9.70. The van der Waals surface area contributed by atoms with Gasteiger partial charge in [0.1, 0.15) is 0 Å². The van der Waals surface area contributed by atoms with E-state index in [1.54, 1.807) is 24.3 Å². The van der Waals surface area contributed by atoms with Crippen LogP contribution in [0.3, 0.4) is 0 Å². The first kappa shape index (κ1) is 21.0. The number of amides is 2. The minimum Gasteiger partial charge on any atom is -0.352 e. The first-order valence-corrected chi connectivity index (χ1v) is 10.6. The Hall–Kier alpha value is -3.26. The summed E-state index contributed by atoms with van der Waals surface area (Å²) in [5, 5.41) is 17.3. The largest absolute Gasteiger partial charge is 0.352 e. The zero-order valence-electron chi connectivity index (χ0n) is 16.9. The van der Waals surface area contributed by atoms with Crippen molar-refractivity contribution in [3.05, 3.63) is 64.7 Å². The van der Waals surface area contributed by atoms with E-state index in [2.05, 4.69) is 25.9 Å². The van der Waals surface area contributed by atoms with E-state index in [4.69, 9.17) is 11.6 Å². The first-order valence-electron chi connectivity index (χ1n) is 10.3. The summed E-state index contributed by atoms with van der Waals surface area (Å²) in [4.78, 5) is 27.1. The number of rotatable bonds is 7. The van der Waals surface area contributed by atoms with Gasteiger partial charge in [-0.25, -0.2) is 0 Å². The second-order valence-electron chi connectivity index (χ2n) is 7.50. The molecule has 2 N–H and O–H groups in total. The molecule has 1 aromatic heterocycles. The Labute approximate surface area is 185 Å². The number of likely N-dealkylation sites (tertiary alicyclic amines) is 1. The number of H-pyrrole nitrogens is 1. The van der Waals surface area contributed by atoms with Crippen molar-refractivity contribution in [2.45, 2.75) is 31.7 Å². The predicted octanol–water partition coefficient (Wildman–Crippen LogP) is 2.87. The molecule has 1 saturated heterocycles. The standard InChI is InChI=1S/C22H23ClN6O2/c23-19-6-2-1-4-17(19)14-18-5-3-13-29(18)20(30)11-12-24-22(31)16-9-7-15(8-10-16)21-25-27-28-26-21/h1-2,4,6-10,18H,3,5,11-14H2,(H,24,31)(H,25,26,27,28). The third-order valence-corrected chi connectivity index (χ3v) is 5.85. The van der Waals surface area contributed by atoms with Gasteiger partial charge in [0.2, 0.25) is 11.7 Å². The molecule has 1 aliphatic rings. The molecule has 1 unspecified atom stereocenters. The normalized spacial score (nSPS) is 15.8. The highest BCUT2D eigenvalue weighted by Gasteiger charge is 2.28. The second-order valence-corrected chi connectivity index (χ2v) is 7.90. The Balaban J connectivity index is 1.27. The molecular weight excluding hydrogens is 416 g/mol. The van der Waals surface area contributed by atoms with Gasteiger partial charge >= 0.3 is 0 Å². The van der Waals surface area contributed by atoms with E-state index < -0.39 is 0 Å². The van der Waals surface area contributed by atoms with E-state index in [1.807, 2.05) is 29.2 Å². The average molecular weight is 439 g/mol. The summed E-state index contributed by atoms with van der Waals surface area (Å²) in [7, 11) is 0. The van der Waals surface area contributed by atoms with E-state index >= 15 is 0 Å². The van der Waals surface area contributed by atoms with Crippen molar-refractivity contribution < 1.29 is 9.59 Å². The van der Waals surface area contributed by atoms with Crippen LogP contribution in [0.15, 0.2) is 48.5 Å². The molecule has 1 fully saturated rings. The number of carbonyl (C=O) groups is 2. The van der Waals surface area contributed by atoms with Crippen LogP contribution in [-0.4, -0.2) is 56.5 Å². The SMILES string of the molecule is O=C(NCCC(=O)N1CCCC1Cc1ccccc1Cl)c1ccc(-c2nn[nH]n2)cc1. The summed E-state index contributed by atoms with van der Waals surface area (Å²) in [6, 6.07) is 14.8. The highest BCUT2D eigenvalue weighted by molar-refractivity contribution is 6.31. The Morgan fingerprint density at radius 1 is 1.16 bits per heavy atom. The first-order chi connectivity index (χ1) is 15.1. The van der Waals surface area contributed by atoms with Gasteiger partial charge in [-0.15, -0.1) is 10.2 Å². The number of tetrazole rings is 1. The molecule has 160 valence electrons. The van der Waals surface area contributed by atoms with Crippen LogP contribution in [0, 0.1) is 0 Å².